The van der Waals surface area contributed by atoms with E-state index in [0.717, 1.165) is 5.56 Å². The molecule has 1 N–H and O–H groups in total. The van der Waals surface area contributed by atoms with E-state index in [0.29, 0.717) is 24.5 Å². The van der Waals surface area contributed by atoms with Crippen molar-refractivity contribution in [2.45, 2.75) is 32.4 Å². The number of nitrogens with one attached hydrogen (secondary N) is 1. The smallest absolute Gasteiger partial charge is 0.323 e. The second-order valence-corrected chi connectivity index (χ2v) is 5.75. The fourth-order valence-corrected chi connectivity index (χ4v) is 3.05. The molecule has 2 aliphatic heterocycles. The van der Waals surface area contributed by atoms with Crippen LogP contribution in [0.5, 0.6) is 11.5 Å². The molecule has 0 radical (unpaired) electrons. The number of fused-ring (bicyclic) bond motifs is 1. The second kappa shape index (κ2) is 5.50. The van der Waals surface area contributed by atoms with Crippen LogP contribution < -0.4 is 14.8 Å². The molecular formula is C16H18N2O4. The molecule has 2 aliphatic rings. The van der Waals surface area contributed by atoms with Crippen molar-refractivity contribution in [3.63, 3.8) is 0 Å². The molecule has 1 fully saturated rings. The molecule has 0 amide bonds. The lowest BCUT2D eigenvalue weighted by molar-refractivity contribution is -0.145. The minimum atomic E-state index is -0.689. The highest BCUT2D eigenvalue weighted by Crippen LogP contribution is 2.45. The molecule has 22 heavy (non-hydrogen) atoms. The summed E-state index contributed by atoms with van der Waals surface area (Å²) in [4.78, 5) is 12.0. The van der Waals surface area contributed by atoms with Gasteiger partial charge in [0.05, 0.1) is 24.1 Å². The van der Waals surface area contributed by atoms with Crippen molar-refractivity contribution in [1.82, 2.24) is 5.32 Å². The summed E-state index contributed by atoms with van der Waals surface area (Å²) in [5, 5.41) is 12.8. The fraction of sp³-hybridized carbons (Fsp3) is 0.500. The van der Waals surface area contributed by atoms with Crippen LogP contribution in [0, 0.1) is 16.7 Å². The lowest BCUT2D eigenvalue weighted by Crippen LogP contribution is -2.34. The molecule has 0 bridgehead atoms. The molecule has 1 aromatic carbocycles. The highest BCUT2D eigenvalue weighted by Gasteiger charge is 2.48. The number of nitriles is 1. The van der Waals surface area contributed by atoms with Gasteiger partial charge < -0.3 is 14.2 Å². The number of rotatable bonds is 3. The van der Waals surface area contributed by atoms with Gasteiger partial charge in [-0.3, -0.25) is 10.1 Å². The number of carbonyl (C=O) groups excluding carboxylic acids is 1. The van der Waals surface area contributed by atoms with E-state index in [2.05, 4.69) is 11.4 Å². The van der Waals surface area contributed by atoms with Crippen molar-refractivity contribution in [3.8, 4) is 17.6 Å². The molecule has 3 rings (SSSR count). The summed E-state index contributed by atoms with van der Waals surface area (Å²) in [5.74, 6) is 1.05. The van der Waals surface area contributed by atoms with E-state index < -0.39 is 11.5 Å². The van der Waals surface area contributed by atoms with Gasteiger partial charge in [0, 0.05) is 0 Å². The number of hydrogen-bond acceptors (Lipinski definition) is 6. The topological polar surface area (TPSA) is 80.6 Å². The highest BCUT2D eigenvalue weighted by molar-refractivity contribution is 5.76. The zero-order chi connectivity index (χ0) is 15.7. The van der Waals surface area contributed by atoms with Crippen molar-refractivity contribution < 1.29 is 19.0 Å². The average molecular weight is 302 g/mol. The molecule has 0 saturated carbocycles. The predicted molar refractivity (Wildman–Crippen MR) is 77.2 cm³/mol. The van der Waals surface area contributed by atoms with Crippen LogP contribution in [0.25, 0.3) is 0 Å². The molecule has 2 heterocycles. The third kappa shape index (κ3) is 2.38. The van der Waals surface area contributed by atoms with Gasteiger partial charge in [-0.15, -0.1) is 0 Å². The summed E-state index contributed by atoms with van der Waals surface area (Å²) in [6, 6.07) is 7.20. The minimum Gasteiger partial charge on any atom is -0.465 e. The van der Waals surface area contributed by atoms with Crippen LogP contribution >= 0.6 is 0 Å². The van der Waals surface area contributed by atoms with Gasteiger partial charge in [0.25, 0.3) is 0 Å². The Hall–Kier alpha value is -2.26. The van der Waals surface area contributed by atoms with E-state index in [1.165, 1.54) is 0 Å². The summed E-state index contributed by atoms with van der Waals surface area (Å²) in [5.41, 5.74) is 0.214. The quantitative estimate of drug-likeness (QED) is 0.859. The Morgan fingerprint density at radius 2 is 2.27 bits per heavy atom. The van der Waals surface area contributed by atoms with Crippen LogP contribution in [0.15, 0.2) is 18.2 Å². The normalized spacial score (nSPS) is 29.1. The van der Waals surface area contributed by atoms with Crippen LogP contribution in [0.3, 0.4) is 0 Å². The standard InChI is InChI=1S/C16H18N2O4/c1-3-20-15(19)11-7-16(2,8-17)14(18-11)10-4-5-12-13(6-10)22-9-21-12/h4-6,11,14,18H,3,7,9H2,1-2H3/t11?,14-,16+/m0/s1. The SMILES string of the molecule is CCOC(=O)C1C[C@](C)(C#N)[C@H](c2ccc3c(c2)OCO3)N1. The summed E-state index contributed by atoms with van der Waals surface area (Å²) < 4.78 is 15.8. The van der Waals surface area contributed by atoms with Crippen LogP contribution in [0.1, 0.15) is 31.9 Å². The maximum absolute atomic E-state index is 12.0. The van der Waals surface area contributed by atoms with Gasteiger partial charge >= 0.3 is 5.97 Å². The van der Waals surface area contributed by atoms with Gasteiger partial charge in [-0.05, 0) is 38.0 Å². The first kappa shape index (κ1) is 14.7. The number of benzene rings is 1. The first-order chi connectivity index (χ1) is 10.6. The molecule has 1 unspecified atom stereocenters. The zero-order valence-corrected chi connectivity index (χ0v) is 12.6. The summed E-state index contributed by atoms with van der Waals surface area (Å²) in [6.07, 6.45) is 0.418. The Labute approximate surface area is 129 Å². The van der Waals surface area contributed by atoms with E-state index in [9.17, 15) is 10.1 Å². The Balaban J connectivity index is 1.88. The second-order valence-electron chi connectivity index (χ2n) is 5.75. The molecule has 0 spiro atoms. The van der Waals surface area contributed by atoms with Gasteiger partial charge in [-0.25, -0.2) is 0 Å². The van der Waals surface area contributed by atoms with Crippen LogP contribution in [0.2, 0.25) is 0 Å². The molecule has 6 nitrogen and oxygen atoms in total. The van der Waals surface area contributed by atoms with Crippen molar-refractivity contribution in [3.05, 3.63) is 23.8 Å². The number of hydrogen-bond donors (Lipinski definition) is 1. The van der Waals surface area contributed by atoms with Crippen molar-refractivity contribution in [1.29, 1.82) is 5.26 Å². The van der Waals surface area contributed by atoms with Crippen LogP contribution in [-0.2, 0) is 9.53 Å². The lowest BCUT2D eigenvalue weighted by atomic mass is 9.80. The Bertz CT molecular complexity index is 640. The monoisotopic (exact) mass is 302 g/mol. The average Bonchev–Trinajstić information content (AvgIpc) is 3.11. The van der Waals surface area contributed by atoms with Gasteiger partial charge in [0.1, 0.15) is 6.04 Å². The van der Waals surface area contributed by atoms with Crippen molar-refractivity contribution >= 4 is 5.97 Å². The first-order valence-corrected chi connectivity index (χ1v) is 7.31. The Kier molecular flexibility index (Phi) is 3.67. The molecule has 0 aliphatic carbocycles. The number of carbonyl (C=O) groups is 1. The third-order valence-electron chi connectivity index (χ3n) is 4.19. The maximum atomic E-state index is 12.0. The summed E-state index contributed by atoms with van der Waals surface area (Å²) in [6.45, 7) is 4.16. The van der Waals surface area contributed by atoms with E-state index in [1.807, 2.05) is 25.1 Å². The fourth-order valence-electron chi connectivity index (χ4n) is 3.05. The molecular weight excluding hydrogens is 284 g/mol. The van der Waals surface area contributed by atoms with E-state index in [4.69, 9.17) is 14.2 Å². The van der Waals surface area contributed by atoms with Gasteiger partial charge in [-0.1, -0.05) is 6.07 Å². The third-order valence-corrected chi connectivity index (χ3v) is 4.19. The van der Waals surface area contributed by atoms with Gasteiger partial charge in [-0.2, -0.15) is 5.26 Å². The van der Waals surface area contributed by atoms with E-state index in [-0.39, 0.29) is 18.8 Å². The first-order valence-electron chi connectivity index (χ1n) is 7.31. The maximum Gasteiger partial charge on any atom is 0.323 e. The zero-order valence-electron chi connectivity index (χ0n) is 12.6. The van der Waals surface area contributed by atoms with Crippen molar-refractivity contribution in [2.75, 3.05) is 13.4 Å². The largest absolute Gasteiger partial charge is 0.465 e. The molecule has 0 aromatic heterocycles. The molecule has 1 aromatic rings. The minimum absolute atomic E-state index is 0.206. The molecule has 3 atom stereocenters. The molecule has 6 heteroatoms. The van der Waals surface area contributed by atoms with Crippen LogP contribution in [0.4, 0.5) is 0 Å². The Morgan fingerprint density at radius 1 is 1.50 bits per heavy atom. The summed E-state index contributed by atoms with van der Waals surface area (Å²) in [7, 11) is 0. The van der Waals surface area contributed by atoms with E-state index in [1.54, 1.807) is 6.92 Å². The number of nitrogens with zero attached hydrogens (tertiary/aromatic N) is 1. The highest BCUT2D eigenvalue weighted by atomic mass is 16.7. The molecule has 116 valence electrons. The van der Waals surface area contributed by atoms with Gasteiger partial charge in [0.2, 0.25) is 6.79 Å². The summed E-state index contributed by atoms with van der Waals surface area (Å²) >= 11 is 0. The van der Waals surface area contributed by atoms with E-state index >= 15 is 0 Å². The number of esters is 1. The van der Waals surface area contributed by atoms with Crippen molar-refractivity contribution in [2.24, 2.45) is 5.41 Å². The Morgan fingerprint density at radius 3 is 3.00 bits per heavy atom. The predicted octanol–water partition coefficient (Wildman–Crippen LogP) is 1.91. The van der Waals surface area contributed by atoms with Gasteiger partial charge in [0.15, 0.2) is 11.5 Å². The lowest BCUT2D eigenvalue weighted by Gasteiger charge is -2.23. The molecule has 1 saturated heterocycles. The number of ether oxygens (including phenoxy) is 3. The van der Waals surface area contributed by atoms with Crippen LogP contribution in [-0.4, -0.2) is 25.4 Å².